The van der Waals surface area contributed by atoms with Crippen LogP contribution in [-0.4, -0.2) is 17.1 Å². The summed E-state index contributed by atoms with van der Waals surface area (Å²) in [6.07, 6.45) is 3.00. The Morgan fingerprint density at radius 2 is 2.11 bits per heavy atom. The van der Waals surface area contributed by atoms with E-state index >= 15 is 0 Å². The lowest BCUT2D eigenvalue weighted by atomic mass is 10.2. The zero-order chi connectivity index (χ0) is 13.0. The number of hydrogen-bond acceptors (Lipinski definition) is 5. The topological polar surface area (TPSA) is 70.8 Å². The highest BCUT2D eigenvalue weighted by Gasteiger charge is 2.11. The summed E-state index contributed by atoms with van der Waals surface area (Å²) in [5, 5.41) is 12.3. The Balaban J connectivity index is 2.46. The number of rotatable bonds is 3. The van der Waals surface area contributed by atoms with E-state index in [2.05, 4.69) is 21.4 Å². The lowest BCUT2D eigenvalue weighted by Crippen LogP contribution is -2.00. The number of anilines is 2. The summed E-state index contributed by atoms with van der Waals surface area (Å²) in [5.74, 6) is 0.913. The van der Waals surface area contributed by atoms with Crippen LogP contribution in [0, 0.1) is 11.3 Å². The minimum Gasteiger partial charge on any atom is -0.495 e. The number of aromatic nitrogens is 2. The molecule has 0 aliphatic rings. The largest absolute Gasteiger partial charge is 0.495 e. The smallest absolute Gasteiger partial charge is 0.171 e. The van der Waals surface area contributed by atoms with Crippen LogP contribution in [0.1, 0.15) is 5.56 Å². The van der Waals surface area contributed by atoms with E-state index < -0.39 is 0 Å². The van der Waals surface area contributed by atoms with Gasteiger partial charge in [-0.25, -0.2) is 9.97 Å². The Hall–Kier alpha value is -2.32. The predicted octanol–water partition coefficient (Wildman–Crippen LogP) is 2.75. The van der Waals surface area contributed by atoms with Crippen LogP contribution in [0.3, 0.4) is 0 Å². The number of para-hydroxylation sites is 1. The second-order valence-electron chi connectivity index (χ2n) is 3.32. The Kier molecular flexibility index (Phi) is 3.60. The summed E-state index contributed by atoms with van der Waals surface area (Å²) in [6.45, 7) is 0. The fourth-order valence-corrected chi connectivity index (χ4v) is 1.60. The highest BCUT2D eigenvalue weighted by atomic mass is 35.5. The van der Waals surface area contributed by atoms with Crippen LogP contribution in [0.15, 0.2) is 30.6 Å². The molecule has 0 spiro atoms. The van der Waals surface area contributed by atoms with E-state index in [1.54, 1.807) is 18.2 Å². The first-order chi connectivity index (χ1) is 8.76. The van der Waals surface area contributed by atoms with E-state index in [0.717, 1.165) is 0 Å². The maximum atomic E-state index is 9.07. The monoisotopic (exact) mass is 260 g/mol. The van der Waals surface area contributed by atoms with Crippen molar-refractivity contribution in [1.82, 2.24) is 9.97 Å². The maximum absolute atomic E-state index is 9.07. The van der Waals surface area contributed by atoms with E-state index in [4.69, 9.17) is 21.6 Å². The van der Waals surface area contributed by atoms with E-state index in [1.807, 2.05) is 0 Å². The van der Waals surface area contributed by atoms with Crippen molar-refractivity contribution >= 4 is 23.1 Å². The lowest BCUT2D eigenvalue weighted by Gasteiger charge is -2.12. The Labute approximate surface area is 109 Å². The molecule has 6 heteroatoms. The molecule has 0 saturated heterocycles. The third kappa shape index (κ3) is 2.34. The van der Waals surface area contributed by atoms with Gasteiger partial charge in [-0.1, -0.05) is 17.7 Å². The molecule has 1 heterocycles. The summed E-state index contributed by atoms with van der Waals surface area (Å²) >= 11 is 5.91. The number of methoxy groups -OCH3 is 1. The van der Waals surface area contributed by atoms with Gasteiger partial charge in [-0.3, -0.25) is 0 Å². The van der Waals surface area contributed by atoms with E-state index in [-0.39, 0.29) is 5.15 Å². The van der Waals surface area contributed by atoms with Gasteiger partial charge in [0.2, 0.25) is 0 Å². The Morgan fingerprint density at radius 1 is 1.33 bits per heavy atom. The first-order valence-corrected chi connectivity index (χ1v) is 5.44. The summed E-state index contributed by atoms with van der Waals surface area (Å²) in [7, 11) is 1.53. The summed E-state index contributed by atoms with van der Waals surface area (Å²) in [6, 6.07) is 7.23. The zero-order valence-corrected chi connectivity index (χ0v) is 10.3. The molecule has 0 amide bonds. The average molecular weight is 261 g/mol. The molecule has 2 aromatic rings. The SMILES string of the molecule is COc1cccc(C#N)c1Nc1nccnc1Cl. The summed E-state index contributed by atoms with van der Waals surface area (Å²) in [5.41, 5.74) is 0.959. The van der Waals surface area contributed by atoms with Crippen LogP contribution in [-0.2, 0) is 0 Å². The fourth-order valence-electron chi connectivity index (χ4n) is 1.45. The molecule has 1 N–H and O–H groups in total. The Bertz CT molecular complexity index is 609. The molecule has 0 unspecified atom stereocenters. The van der Waals surface area contributed by atoms with Crippen LogP contribution in [0.2, 0.25) is 5.15 Å². The molecule has 90 valence electrons. The van der Waals surface area contributed by atoms with Gasteiger partial charge in [0.25, 0.3) is 0 Å². The van der Waals surface area contributed by atoms with Crippen molar-refractivity contribution in [3.05, 3.63) is 41.3 Å². The van der Waals surface area contributed by atoms with Gasteiger partial charge < -0.3 is 10.1 Å². The number of benzene rings is 1. The minimum absolute atomic E-state index is 0.229. The average Bonchev–Trinajstić information content (AvgIpc) is 2.41. The third-order valence-corrected chi connectivity index (χ3v) is 2.54. The molecule has 1 aromatic carbocycles. The highest BCUT2D eigenvalue weighted by Crippen LogP contribution is 2.31. The maximum Gasteiger partial charge on any atom is 0.171 e. The Morgan fingerprint density at radius 3 is 2.78 bits per heavy atom. The predicted molar refractivity (Wildman–Crippen MR) is 68.0 cm³/mol. The van der Waals surface area contributed by atoms with Crippen molar-refractivity contribution in [3.8, 4) is 11.8 Å². The normalized spacial score (nSPS) is 9.61. The molecule has 0 aliphatic carbocycles. The van der Waals surface area contributed by atoms with Gasteiger partial charge in [-0.15, -0.1) is 0 Å². The van der Waals surface area contributed by atoms with Crippen LogP contribution in [0.4, 0.5) is 11.5 Å². The van der Waals surface area contributed by atoms with Gasteiger partial charge in [0.15, 0.2) is 11.0 Å². The van der Waals surface area contributed by atoms with E-state index in [0.29, 0.717) is 22.8 Å². The van der Waals surface area contributed by atoms with Crippen LogP contribution in [0.5, 0.6) is 5.75 Å². The number of nitrogens with one attached hydrogen (secondary N) is 1. The van der Waals surface area contributed by atoms with Crippen LogP contribution < -0.4 is 10.1 Å². The molecule has 0 aliphatic heterocycles. The van der Waals surface area contributed by atoms with Crippen molar-refractivity contribution in [2.75, 3.05) is 12.4 Å². The number of hydrogen-bond donors (Lipinski definition) is 1. The summed E-state index contributed by atoms with van der Waals surface area (Å²) < 4.78 is 5.20. The van der Waals surface area contributed by atoms with Gasteiger partial charge in [-0.05, 0) is 12.1 Å². The number of nitrogens with zero attached hydrogens (tertiary/aromatic N) is 3. The molecular formula is C12H9ClN4O. The van der Waals surface area contributed by atoms with Crippen molar-refractivity contribution in [1.29, 1.82) is 5.26 Å². The molecule has 2 rings (SSSR count). The van der Waals surface area contributed by atoms with Gasteiger partial charge >= 0.3 is 0 Å². The molecule has 0 fully saturated rings. The standard InChI is InChI=1S/C12H9ClN4O/c1-18-9-4-2-3-8(7-14)10(9)17-12-11(13)15-5-6-16-12/h2-6H,1H3,(H,16,17). The van der Waals surface area contributed by atoms with Crippen molar-refractivity contribution < 1.29 is 4.74 Å². The molecule has 1 aromatic heterocycles. The lowest BCUT2D eigenvalue weighted by molar-refractivity contribution is 0.416. The molecule has 0 radical (unpaired) electrons. The number of nitriles is 1. The molecule has 0 saturated carbocycles. The first kappa shape index (κ1) is 12.1. The third-order valence-electron chi connectivity index (χ3n) is 2.26. The quantitative estimate of drug-likeness (QED) is 0.919. The number of ether oxygens (including phenoxy) is 1. The molecule has 0 bridgehead atoms. The highest BCUT2D eigenvalue weighted by molar-refractivity contribution is 6.31. The van der Waals surface area contributed by atoms with Crippen molar-refractivity contribution in [2.45, 2.75) is 0 Å². The van der Waals surface area contributed by atoms with E-state index in [9.17, 15) is 0 Å². The second kappa shape index (κ2) is 5.34. The summed E-state index contributed by atoms with van der Waals surface area (Å²) in [4.78, 5) is 7.96. The van der Waals surface area contributed by atoms with E-state index in [1.165, 1.54) is 19.5 Å². The molecular weight excluding hydrogens is 252 g/mol. The van der Waals surface area contributed by atoms with Gasteiger partial charge in [0.05, 0.1) is 12.7 Å². The van der Waals surface area contributed by atoms with Gasteiger partial charge in [0.1, 0.15) is 17.5 Å². The van der Waals surface area contributed by atoms with Gasteiger partial charge in [-0.2, -0.15) is 5.26 Å². The molecule has 18 heavy (non-hydrogen) atoms. The fraction of sp³-hybridized carbons (Fsp3) is 0.0833. The van der Waals surface area contributed by atoms with Crippen LogP contribution in [0.25, 0.3) is 0 Å². The molecule has 0 atom stereocenters. The second-order valence-corrected chi connectivity index (χ2v) is 3.67. The number of halogens is 1. The molecule has 5 nitrogen and oxygen atoms in total. The van der Waals surface area contributed by atoms with Gasteiger partial charge in [0, 0.05) is 12.4 Å². The van der Waals surface area contributed by atoms with Crippen LogP contribution >= 0.6 is 11.6 Å². The first-order valence-electron chi connectivity index (χ1n) is 5.07. The van der Waals surface area contributed by atoms with Crippen molar-refractivity contribution in [3.63, 3.8) is 0 Å². The minimum atomic E-state index is 0.229. The van der Waals surface area contributed by atoms with Crippen molar-refractivity contribution in [2.24, 2.45) is 0 Å². The zero-order valence-electron chi connectivity index (χ0n) is 9.51.